The van der Waals surface area contributed by atoms with Crippen molar-refractivity contribution in [1.29, 1.82) is 0 Å². The summed E-state index contributed by atoms with van der Waals surface area (Å²) in [5.41, 5.74) is 4.36. The van der Waals surface area contributed by atoms with Gasteiger partial charge in [-0.1, -0.05) is 48.5 Å². The van der Waals surface area contributed by atoms with E-state index in [1.165, 1.54) is 30.0 Å². The third-order valence-electron chi connectivity index (χ3n) is 6.27. The van der Waals surface area contributed by atoms with E-state index in [1.54, 1.807) is 4.90 Å². The van der Waals surface area contributed by atoms with E-state index in [4.69, 9.17) is 0 Å². The minimum atomic E-state index is -0.0913. The van der Waals surface area contributed by atoms with Gasteiger partial charge in [0, 0.05) is 51.6 Å². The lowest BCUT2D eigenvalue weighted by atomic mass is 10.1. The van der Waals surface area contributed by atoms with E-state index in [0.717, 1.165) is 36.3 Å². The molecular weight excluding hydrogens is 400 g/mol. The molecule has 2 aliphatic heterocycles. The molecule has 2 aromatic rings. The first kappa shape index (κ1) is 22.1. The fraction of sp³-hybridized carbons (Fsp3) is 0.423. The van der Waals surface area contributed by atoms with Gasteiger partial charge in [0.2, 0.25) is 11.8 Å². The molecule has 0 aromatic heterocycles. The van der Waals surface area contributed by atoms with Crippen LogP contribution < -0.4 is 4.90 Å². The van der Waals surface area contributed by atoms with Gasteiger partial charge in [-0.3, -0.25) is 9.59 Å². The van der Waals surface area contributed by atoms with Crippen molar-refractivity contribution in [3.63, 3.8) is 0 Å². The van der Waals surface area contributed by atoms with Crippen LogP contribution in [-0.2, 0) is 16.1 Å². The third kappa shape index (κ3) is 5.36. The van der Waals surface area contributed by atoms with E-state index in [0.29, 0.717) is 13.1 Å². The van der Waals surface area contributed by atoms with Crippen molar-refractivity contribution in [1.82, 2.24) is 9.91 Å². The first-order valence-corrected chi connectivity index (χ1v) is 11.6. The number of carbonyl (C=O) groups is 2. The Balaban J connectivity index is 1.30. The second kappa shape index (κ2) is 10.4. The maximum absolute atomic E-state index is 12.7. The Hall–Kier alpha value is -3.15. The smallest absolute Gasteiger partial charge is 0.243 e. The lowest BCUT2D eigenvalue weighted by Crippen LogP contribution is -2.32. The van der Waals surface area contributed by atoms with Crippen molar-refractivity contribution in [3.8, 4) is 0 Å². The molecule has 2 heterocycles. The Labute approximate surface area is 190 Å². The molecule has 2 aromatic carbocycles. The largest absolute Gasteiger partial charge is 0.371 e. The molecule has 4 rings (SSSR count). The van der Waals surface area contributed by atoms with Crippen LogP contribution in [0.3, 0.4) is 0 Å². The normalized spacial score (nSPS) is 16.1. The summed E-state index contributed by atoms with van der Waals surface area (Å²) in [5, 5.41) is 6.00. The number of benzene rings is 2. The summed E-state index contributed by atoms with van der Waals surface area (Å²) in [6, 6.07) is 18.3. The monoisotopic (exact) mass is 432 g/mol. The Kier molecular flexibility index (Phi) is 7.20. The van der Waals surface area contributed by atoms with Crippen LogP contribution in [0.25, 0.3) is 0 Å². The summed E-state index contributed by atoms with van der Waals surface area (Å²) in [6.45, 7) is 3.28. The molecule has 2 aliphatic rings. The second-order valence-corrected chi connectivity index (χ2v) is 8.61. The van der Waals surface area contributed by atoms with Gasteiger partial charge in [-0.25, -0.2) is 5.01 Å². The number of rotatable bonds is 7. The number of carbonyl (C=O) groups excluding carboxylic acids is 2. The molecule has 6 nitrogen and oxygen atoms in total. The Morgan fingerprint density at radius 1 is 0.906 bits per heavy atom. The summed E-state index contributed by atoms with van der Waals surface area (Å²) in [4.78, 5) is 29.5. The van der Waals surface area contributed by atoms with E-state index in [-0.39, 0.29) is 24.7 Å². The average Bonchev–Trinajstić information content (AvgIpc) is 3.34. The van der Waals surface area contributed by atoms with Crippen LogP contribution in [0.4, 0.5) is 5.69 Å². The average molecular weight is 433 g/mol. The van der Waals surface area contributed by atoms with Crippen molar-refractivity contribution in [2.45, 2.75) is 45.1 Å². The zero-order chi connectivity index (χ0) is 22.3. The molecule has 0 saturated carbocycles. The zero-order valence-corrected chi connectivity index (χ0v) is 18.9. The molecule has 0 unspecified atom stereocenters. The lowest BCUT2D eigenvalue weighted by Gasteiger charge is -2.31. The van der Waals surface area contributed by atoms with Crippen molar-refractivity contribution in [2.24, 2.45) is 5.10 Å². The highest BCUT2D eigenvalue weighted by Gasteiger charge is 2.23. The van der Waals surface area contributed by atoms with Crippen molar-refractivity contribution >= 4 is 23.2 Å². The standard InChI is InChI=1S/C26H32N4O2/c1-28(20-22-12-6-7-13-24(22)29-17-8-3-9-18-29)25(31)14-15-26(32)30-19-16-23(27-30)21-10-4-2-5-11-21/h2,4-7,10-13H,3,8-9,14-20H2,1H3. The number of nitrogens with zero attached hydrogens (tertiary/aromatic N) is 4. The molecular formula is C26H32N4O2. The number of piperidine rings is 1. The van der Waals surface area contributed by atoms with Gasteiger partial charge in [-0.05, 0) is 36.5 Å². The van der Waals surface area contributed by atoms with Gasteiger partial charge in [0.05, 0.1) is 12.3 Å². The fourth-order valence-electron chi connectivity index (χ4n) is 4.44. The number of hydrogen-bond donors (Lipinski definition) is 0. The number of anilines is 1. The molecule has 1 fully saturated rings. The molecule has 0 bridgehead atoms. The van der Waals surface area contributed by atoms with Crippen LogP contribution in [-0.4, -0.2) is 54.1 Å². The number of hydrazone groups is 1. The van der Waals surface area contributed by atoms with Gasteiger partial charge in [-0.2, -0.15) is 5.10 Å². The van der Waals surface area contributed by atoms with Crippen LogP contribution in [0, 0.1) is 0 Å². The van der Waals surface area contributed by atoms with E-state index >= 15 is 0 Å². The molecule has 2 amide bonds. The van der Waals surface area contributed by atoms with Crippen molar-refractivity contribution < 1.29 is 9.59 Å². The summed E-state index contributed by atoms with van der Waals surface area (Å²) in [6.07, 6.45) is 4.86. The van der Waals surface area contributed by atoms with Gasteiger partial charge in [-0.15, -0.1) is 0 Å². The molecule has 0 radical (unpaired) electrons. The summed E-state index contributed by atoms with van der Waals surface area (Å²) in [5.74, 6) is -0.107. The third-order valence-corrected chi connectivity index (χ3v) is 6.27. The van der Waals surface area contributed by atoms with Gasteiger partial charge in [0.15, 0.2) is 0 Å². The Morgan fingerprint density at radius 2 is 1.62 bits per heavy atom. The van der Waals surface area contributed by atoms with E-state index in [1.807, 2.05) is 43.4 Å². The van der Waals surface area contributed by atoms with Crippen LogP contribution in [0.5, 0.6) is 0 Å². The minimum absolute atomic E-state index is 0.0155. The van der Waals surface area contributed by atoms with E-state index < -0.39 is 0 Å². The van der Waals surface area contributed by atoms with Crippen LogP contribution in [0.15, 0.2) is 59.7 Å². The predicted octanol–water partition coefficient (Wildman–Crippen LogP) is 4.05. The maximum Gasteiger partial charge on any atom is 0.243 e. The number of hydrogen-bond acceptors (Lipinski definition) is 4. The quantitative estimate of drug-likeness (QED) is 0.663. The van der Waals surface area contributed by atoms with Gasteiger partial charge >= 0.3 is 0 Å². The SMILES string of the molecule is CN(Cc1ccccc1N1CCCCC1)C(=O)CCC(=O)N1CCC(c2ccccc2)=N1. The Bertz CT molecular complexity index is 967. The van der Waals surface area contributed by atoms with E-state index in [9.17, 15) is 9.59 Å². The highest BCUT2D eigenvalue weighted by Crippen LogP contribution is 2.25. The van der Waals surface area contributed by atoms with E-state index in [2.05, 4.69) is 28.2 Å². The molecule has 32 heavy (non-hydrogen) atoms. The second-order valence-electron chi connectivity index (χ2n) is 8.61. The van der Waals surface area contributed by atoms with Crippen LogP contribution >= 0.6 is 0 Å². The van der Waals surface area contributed by atoms with Crippen molar-refractivity contribution in [3.05, 3.63) is 65.7 Å². The molecule has 0 atom stereocenters. The molecule has 6 heteroatoms. The van der Waals surface area contributed by atoms with Crippen molar-refractivity contribution in [2.75, 3.05) is 31.6 Å². The molecule has 0 spiro atoms. The number of amides is 2. The lowest BCUT2D eigenvalue weighted by molar-refractivity contribution is -0.136. The molecule has 168 valence electrons. The summed E-state index contributed by atoms with van der Waals surface area (Å²) in [7, 11) is 1.82. The summed E-state index contributed by atoms with van der Waals surface area (Å²) < 4.78 is 0. The molecule has 0 N–H and O–H groups in total. The maximum atomic E-state index is 12.7. The first-order chi connectivity index (χ1) is 15.6. The molecule has 0 aliphatic carbocycles. The van der Waals surface area contributed by atoms with Crippen LogP contribution in [0.1, 0.15) is 49.7 Å². The predicted molar refractivity (Wildman–Crippen MR) is 128 cm³/mol. The topological polar surface area (TPSA) is 56.2 Å². The van der Waals surface area contributed by atoms with Gasteiger partial charge < -0.3 is 9.80 Å². The highest BCUT2D eigenvalue weighted by molar-refractivity contribution is 6.02. The van der Waals surface area contributed by atoms with Gasteiger partial charge in [0.25, 0.3) is 0 Å². The first-order valence-electron chi connectivity index (χ1n) is 11.6. The Morgan fingerprint density at radius 3 is 2.41 bits per heavy atom. The van der Waals surface area contributed by atoms with Gasteiger partial charge in [0.1, 0.15) is 0 Å². The van der Waals surface area contributed by atoms with Crippen LogP contribution in [0.2, 0.25) is 0 Å². The number of para-hydroxylation sites is 1. The zero-order valence-electron chi connectivity index (χ0n) is 18.9. The fourth-order valence-corrected chi connectivity index (χ4v) is 4.44. The minimum Gasteiger partial charge on any atom is -0.371 e. The molecule has 1 saturated heterocycles. The highest BCUT2D eigenvalue weighted by atomic mass is 16.2. The summed E-state index contributed by atoms with van der Waals surface area (Å²) >= 11 is 0.